The third-order valence-corrected chi connectivity index (χ3v) is 5.11. The number of nitrogens with one attached hydrogen (secondary N) is 2. The van der Waals surface area contributed by atoms with Gasteiger partial charge in [0.25, 0.3) is 0 Å². The molecule has 0 bridgehead atoms. The molecule has 2 aromatic heterocycles. The van der Waals surface area contributed by atoms with Crippen LogP contribution >= 0.6 is 0 Å². The van der Waals surface area contributed by atoms with Crippen LogP contribution in [-0.4, -0.2) is 33.2 Å². The average Bonchev–Trinajstić information content (AvgIpc) is 2.99. The minimum atomic E-state index is -0.340. The van der Waals surface area contributed by atoms with Crippen molar-refractivity contribution in [2.45, 2.75) is 52.2 Å². The summed E-state index contributed by atoms with van der Waals surface area (Å²) in [4.78, 5) is 16.6. The third-order valence-electron chi connectivity index (χ3n) is 5.11. The number of rotatable bonds is 4. The number of aromatic nitrogens is 2. The lowest BCUT2D eigenvalue weighted by molar-refractivity contribution is 0.00308. The summed E-state index contributed by atoms with van der Waals surface area (Å²) in [7, 11) is 0. The Morgan fingerprint density at radius 1 is 1.42 bits per heavy atom. The van der Waals surface area contributed by atoms with E-state index in [0.717, 1.165) is 42.7 Å². The smallest absolute Gasteiger partial charge is 0.315 e. The number of pyridine rings is 1. The van der Waals surface area contributed by atoms with Crippen LogP contribution in [0.3, 0.4) is 0 Å². The predicted molar refractivity (Wildman–Crippen MR) is 92.7 cm³/mol. The van der Waals surface area contributed by atoms with Gasteiger partial charge in [-0.2, -0.15) is 0 Å². The van der Waals surface area contributed by atoms with Gasteiger partial charge in [0.1, 0.15) is 5.65 Å². The van der Waals surface area contributed by atoms with Crippen molar-refractivity contribution in [3.05, 3.63) is 35.8 Å². The largest absolute Gasteiger partial charge is 0.392 e. The molecule has 0 saturated heterocycles. The Kier molecular flexibility index (Phi) is 4.76. The molecular formula is C18H26N4O2. The molecular weight excluding hydrogens is 304 g/mol. The van der Waals surface area contributed by atoms with Crippen molar-refractivity contribution in [2.75, 3.05) is 6.54 Å². The standard InChI is InChI=1S/C18H26N4O2/c1-13-6-5-8-16-21-14(11-22(13)16)10-19-17(24)20-12-18(2)9-4-3-7-15(18)23/h5-6,8,11,15,23H,3-4,7,9-10,12H2,1-2H3,(H2,19,20,24). The molecule has 6 heteroatoms. The van der Waals surface area contributed by atoms with Crippen LogP contribution in [0.15, 0.2) is 24.4 Å². The van der Waals surface area contributed by atoms with E-state index >= 15 is 0 Å². The molecule has 24 heavy (non-hydrogen) atoms. The van der Waals surface area contributed by atoms with Gasteiger partial charge >= 0.3 is 6.03 Å². The van der Waals surface area contributed by atoms with E-state index in [0.29, 0.717) is 13.1 Å². The maximum Gasteiger partial charge on any atom is 0.315 e. The van der Waals surface area contributed by atoms with Gasteiger partial charge in [0.05, 0.1) is 18.3 Å². The van der Waals surface area contributed by atoms with Gasteiger partial charge in [0, 0.05) is 23.9 Å². The Labute approximate surface area is 142 Å². The Morgan fingerprint density at radius 3 is 3.00 bits per heavy atom. The number of carbonyl (C=O) groups excluding carboxylic acids is 1. The molecule has 1 aliphatic carbocycles. The highest BCUT2D eigenvalue weighted by atomic mass is 16.3. The quantitative estimate of drug-likeness (QED) is 0.805. The molecule has 6 nitrogen and oxygen atoms in total. The highest BCUT2D eigenvalue weighted by molar-refractivity contribution is 5.73. The lowest BCUT2D eigenvalue weighted by Crippen LogP contribution is -2.47. The molecule has 0 aromatic carbocycles. The number of carbonyl (C=O) groups is 1. The first kappa shape index (κ1) is 16.8. The van der Waals surface area contributed by atoms with Crippen molar-refractivity contribution in [1.82, 2.24) is 20.0 Å². The molecule has 0 radical (unpaired) electrons. The summed E-state index contributed by atoms with van der Waals surface area (Å²) in [6.45, 7) is 4.94. The van der Waals surface area contributed by atoms with E-state index in [4.69, 9.17) is 0 Å². The number of aliphatic hydroxyl groups excluding tert-OH is 1. The van der Waals surface area contributed by atoms with Crippen LogP contribution in [0.5, 0.6) is 0 Å². The van der Waals surface area contributed by atoms with Crippen molar-refractivity contribution in [3.8, 4) is 0 Å². The zero-order valence-corrected chi connectivity index (χ0v) is 14.4. The van der Waals surface area contributed by atoms with Crippen LogP contribution in [0.2, 0.25) is 0 Å². The fourth-order valence-electron chi connectivity index (χ4n) is 3.39. The molecule has 2 unspecified atom stereocenters. The van der Waals surface area contributed by atoms with Gasteiger partial charge in [-0.05, 0) is 31.9 Å². The van der Waals surface area contributed by atoms with Crippen molar-refractivity contribution in [1.29, 1.82) is 0 Å². The molecule has 2 heterocycles. The molecule has 1 fully saturated rings. The van der Waals surface area contributed by atoms with Gasteiger partial charge in [-0.25, -0.2) is 9.78 Å². The van der Waals surface area contributed by atoms with E-state index in [2.05, 4.69) is 15.6 Å². The van der Waals surface area contributed by atoms with Gasteiger partial charge < -0.3 is 20.1 Å². The predicted octanol–water partition coefficient (Wildman–Crippen LogP) is 2.38. The van der Waals surface area contributed by atoms with Crippen LogP contribution in [0.25, 0.3) is 5.65 Å². The number of nitrogens with zero attached hydrogens (tertiary/aromatic N) is 2. The highest BCUT2D eigenvalue weighted by Crippen LogP contribution is 2.35. The summed E-state index contributed by atoms with van der Waals surface area (Å²) in [5, 5.41) is 15.9. The zero-order chi connectivity index (χ0) is 17.2. The van der Waals surface area contributed by atoms with Crippen LogP contribution in [0.4, 0.5) is 4.79 Å². The molecule has 2 aromatic rings. The lowest BCUT2D eigenvalue weighted by Gasteiger charge is -2.38. The molecule has 0 spiro atoms. The summed E-state index contributed by atoms with van der Waals surface area (Å²) in [6.07, 6.45) is 5.54. The molecule has 1 saturated carbocycles. The highest BCUT2D eigenvalue weighted by Gasteiger charge is 2.35. The molecule has 3 N–H and O–H groups in total. The minimum absolute atomic E-state index is 0.220. The van der Waals surface area contributed by atoms with E-state index in [1.54, 1.807) is 0 Å². The van der Waals surface area contributed by atoms with E-state index in [9.17, 15) is 9.90 Å². The number of urea groups is 1. The average molecular weight is 330 g/mol. The molecule has 130 valence electrons. The first-order valence-corrected chi connectivity index (χ1v) is 8.61. The summed E-state index contributed by atoms with van der Waals surface area (Å²) < 4.78 is 2.01. The van der Waals surface area contributed by atoms with Crippen molar-refractivity contribution < 1.29 is 9.90 Å². The fraction of sp³-hybridized carbons (Fsp3) is 0.556. The topological polar surface area (TPSA) is 78.7 Å². The summed E-state index contributed by atoms with van der Waals surface area (Å²) in [5.41, 5.74) is 2.58. The number of aliphatic hydroxyl groups is 1. The third kappa shape index (κ3) is 3.53. The number of hydrogen-bond acceptors (Lipinski definition) is 3. The van der Waals surface area contributed by atoms with Crippen molar-refractivity contribution in [3.63, 3.8) is 0 Å². The van der Waals surface area contributed by atoms with Crippen LogP contribution in [0, 0.1) is 12.3 Å². The SMILES string of the molecule is Cc1cccc2nc(CNC(=O)NCC3(C)CCCCC3O)cn12. The normalized spacial score (nSPS) is 24.0. The summed E-state index contributed by atoms with van der Waals surface area (Å²) in [6, 6.07) is 5.72. The van der Waals surface area contributed by atoms with Gasteiger partial charge in [-0.1, -0.05) is 25.8 Å². The fourth-order valence-corrected chi connectivity index (χ4v) is 3.39. The maximum atomic E-state index is 12.1. The van der Waals surface area contributed by atoms with Crippen molar-refractivity contribution in [2.24, 2.45) is 5.41 Å². The second-order valence-corrected chi connectivity index (χ2v) is 7.08. The van der Waals surface area contributed by atoms with E-state index in [1.165, 1.54) is 0 Å². The van der Waals surface area contributed by atoms with E-state index < -0.39 is 0 Å². The number of imidazole rings is 1. The molecule has 2 atom stereocenters. The number of hydrogen-bond donors (Lipinski definition) is 3. The Hall–Kier alpha value is -2.08. The Morgan fingerprint density at radius 2 is 2.25 bits per heavy atom. The summed E-state index contributed by atoms with van der Waals surface area (Å²) in [5.74, 6) is 0. The second kappa shape index (κ2) is 6.81. The number of amides is 2. The van der Waals surface area contributed by atoms with Gasteiger partial charge in [0.15, 0.2) is 0 Å². The molecule has 0 aliphatic heterocycles. The monoisotopic (exact) mass is 330 g/mol. The second-order valence-electron chi connectivity index (χ2n) is 7.08. The van der Waals surface area contributed by atoms with Crippen LogP contribution in [-0.2, 0) is 6.54 Å². The zero-order valence-electron chi connectivity index (χ0n) is 14.4. The lowest BCUT2D eigenvalue weighted by atomic mass is 9.73. The first-order chi connectivity index (χ1) is 11.5. The van der Waals surface area contributed by atoms with Gasteiger partial charge in [-0.15, -0.1) is 0 Å². The van der Waals surface area contributed by atoms with E-state index in [-0.39, 0.29) is 17.6 Å². The van der Waals surface area contributed by atoms with Gasteiger partial charge in [0.2, 0.25) is 0 Å². The minimum Gasteiger partial charge on any atom is -0.392 e. The maximum absolute atomic E-state index is 12.1. The molecule has 3 rings (SSSR count). The first-order valence-electron chi connectivity index (χ1n) is 8.61. The molecule has 1 aliphatic rings. The Balaban J connectivity index is 1.52. The van der Waals surface area contributed by atoms with Gasteiger partial charge in [-0.3, -0.25) is 0 Å². The number of aryl methyl sites for hydroxylation is 1. The Bertz CT molecular complexity index is 727. The van der Waals surface area contributed by atoms with E-state index in [1.807, 2.05) is 42.6 Å². The molecule has 2 amide bonds. The van der Waals surface area contributed by atoms with Crippen LogP contribution < -0.4 is 10.6 Å². The summed E-state index contributed by atoms with van der Waals surface area (Å²) >= 11 is 0. The van der Waals surface area contributed by atoms with Crippen molar-refractivity contribution >= 4 is 11.7 Å². The number of fused-ring (bicyclic) bond motifs is 1. The van der Waals surface area contributed by atoms with Crippen LogP contribution in [0.1, 0.15) is 44.0 Å².